The first-order valence-electron chi connectivity index (χ1n) is 9.52. The van der Waals surface area contributed by atoms with Crippen LogP contribution in [0.5, 0.6) is 0 Å². The maximum Gasteiger partial charge on any atom is 0.173 e. The van der Waals surface area contributed by atoms with E-state index in [1.807, 2.05) is 77.6 Å². The quantitative estimate of drug-likeness (QED) is 0.202. The predicted molar refractivity (Wildman–Crippen MR) is 125 cm³/mol. The van der Waals surface area contributed by atoms with Crippen molar-refractivity contribution in [2.24, 2.45) is 11.5 Å². The van der Waals surface area contributed by atoms with Gasteiger partial charge in [0.25, 0.3) is 0 Å². The average molecular weight is 428 g/mol. The zero-order chi connectivity index (χ0) is 21.8. The Hall–Kier alpha value is -3.91. The first-order valence-corrected chi connectivity index (χ1v) is 10.5. The van der Waals surface area contributed by atoms with E-state index in [2.05, 4.69) is 4.98 Å². The largest absolute Gasteiger partial charge is 0.384 e. The number of hydrogen-bond donors (Lipinski definition) is 4. The Bertz CT molecular complexity index is 1210. The van der Waals surface area contributed by atoms with Gasteiger partial charge in [0.1, 0.15) is 11.7 Å². The number of nitrogens with two attached hydrogens (primary N) is 2. The Morgan fingerprint density at radius 1 is 0.903 bits per heavy atom. The second-order valence-corrected chi connectivity index (χ2v) is 7.82. The van der Waals surface area contributed by atoms with Gasteiger partial charge < -0.3 is 11.5 Å². The number of amidine groups is 2. The minimum absolute atomic E-state index is 0.0367. The molecule has 8 heteroatoms. The van der Waals surface area contributed by atoms with Crippen molar-refractivity contribution in [3.8, 4) is 16.9 Å². The molecule has 0 aliphatic carbocycles. The van der Waals surface area contributed by atoms with Gasteiger partial charge in [-0.2, -0.15) is 0 Å². The van der Waals surface area contributed by atoms with Crippen LogP contribution >= 0.6 is 11.8 Å². The van der Waals surface area contributed by atoms with E-state index >= 15 is 0 Å². The summed E-state index contributed by atoms with van der Waals surface area (Å²) in [4.78, 5) is 9.04. The van der Waals surface area contributed by atoms with Crippen LogP contribution in [0.3, 0.4) is 0 Å². The Kier molecular flexibility index (Phi) is 5.81. The monoisotopic (exact) mass is 427 g/mol. The van der Waals surface area contributed by atoms with Crippen LogP contribution in [0.25, 0.3) is 16.9 Å². The molecule has 0 saturated heterocycles. The summed E-state index contributed by atoms with van der Waals surface area (Å²) in [6.07, 6.45) is 5.59. The maximum atomic E-state index is 7.60. The number of benzene rings is 2. The molecule has 0 fully saturated rings. The van der Waals surface area contributed by atoms with Gasteiger partial charge >= 0.3 is 0 Å². The van der Waals surface area contributed by atoms with Crippen molar-refractivity contribution in [3.63, 3.8) is 0 Å². The first kappa shape index (κ1) is 20.4. The second-order valence-electron chi connectivity index (χ2n) is 6.88. The lowest BCUT2D eigenvalue weighted by Gasteiger charge is -2.08. The number of pyridine rings is 1. The van der Waals surface area contributed by atoms with Gasteiger partial charge in [-0.1, -0.05) is 42.1 Å². The van der Waals surface area contributed by atoms with E-state index in [0.717, 1.165) is 33.4 Å². The van der Waals surface area contributed by atoms with Gasteiger partial charge in [0.15, 0.2) is 5.16 Å². The lowest BCUT2D eigenvalue weighted by atomic mass is 10.1. The molecule has 4 aromatic rings. The fourth-order valence-electron chi connectivity index (χ4n) is 3.04. The van der Waals surface area contributed by atoms with Crippen molar-refractivity contribution < 1.29 is 0 Å². The molecule has 0 radical (unpaired) electrons. The smallest absolute Gasteiger partial charge is 0.173 e. The Balaban J connectivity index is 1.70. The molecule has 0 amide bonds. The van der Waals surface area contributed by atoms with E-state index in [1.165, 1.54) is 0 Å². The van der Waals surface area contributed by atoms with Crippen molar-refractivity contribution in [3.05, 3.63) is 95.9 Å². The number of nitrogens with one attached hydrogen (secondary N) is 2. The summed E-state index contributed by atoms with van der Waals surface area (Å²) in [7, 11) is 0. The van der Waals surface area contributed by atoms with Crippen molar-refractivity contribution in [1.82, 2.24) is 14.5 Å². The van der Waals surface area contributed by atoms with Gasteiger partial charge in [-0.05, 0) is 35.9 Å². The van der Waals surface area contributed by atoms with Gasteiger partial charge in [0.2, 0.25) is 0 Å². The third kappa shape index (κ3) is 4.65. The lowest BCUT2D eigenvalue weighted by Crippen LogP contribution is -2.10. The molecule has 31 heavy (non-hydrogen) atoms. The van der Waals surface area contributed by atoms with Crippen LogP contribution in [0, 0.1) is 10.8 Å². The molecule has 0 aliphatic heterocycles. The fourth-order valence-corrected chi connectivity index (χ4v) is 3.97. The van der Waals surface area contributed by atoms with Gasteiger partial charge in [0, 0.05) is 46.7 Å². The van der Waals surface area contributed by atoms with Gasteiger partial charge in [-0.25, -0.2) is 4.98 Å². The van der Waals surface area contributed by atoms with Crippen LogP contribution in [-0.2, 0) is 5.75 Å². The molecule has 4 rings (SSSR count). The normalized spacial score (nSPS) is 10.7. The average Bonchev–Trinajstić information content (AvgIpc) is 3.23. The lowest BCUT2D eigenvalue weighted by molar-refractivity contribution is 0.895. The minimum atomic E-state index is 0.0367. The SMILES string of the molecule is N=C(N)c1ccc(-c2cn(-c3ccc(C(=N)N)cc3)c(SCc3cccnc3)n2)cc1. The summed E-state index contributed by atoms with van der Waals surface area (Å²) >= 11 is 1.62. The standard InChI is InChI=1S/C23H21N7S/c24-21(25)17-5-3-16(4-6-17)20-13-30(19-9-7-18(8-10-19)22(26)27)23(29-20)31-14-15-2-1-11-28-12-15/h1-13H,14H2,(H3,24,25)(H3,26,27). The molecule has 2 heterocycles. The van der Waals surface area contributed by atoms with Crippen molar-refractivity contribution in [1.29, 1.82) is 10.8 Å². The molecule has 6 N–H and O–H groups in total. The number of rotatable bonds is 7. The van der Waals surface area contributed by atoms with E-state index < -0.39 is 0 Å². The van der Waals surface area contributed by atoms with Crippen LogP contribution in [0.4, 0.5) is 0 Å². The molecule has 2 aromatic heterocycles. The van der Waals surface area contributed by atoms with Crippen molar-refractivity contribution in [2.45, 2.75) is 10.9 Å². The fraction of sp³-hybridized carbons (Fsp3) is 0.0435. The maximum absolute atomic E-state index is 7.60. The van der Waals surface area contributed by atoms with E-state index in [1.54, 1.807) is 18.0 Å². The molecule has 154 valence electrons. The van der Waals surface area contributed by atoms with E-state index in [-0.39, 0.29) is 11.7 Å². The summed E-state index contributed by atoms with van der Waals surface area (Å²) < 4.78 is 2.03. The summed E-state index contributed by atoms with van der Waals surface area (Å²) in [6, 6.07) is 18.9. The van der Waals surface area contributed by atoms with Crippen LogP contribution in [0.15, 0.2) is 84.4 Å². The van der Waals surface area contributed by atoms with E-state index in [4.69, 9.17) is 27.3 Å². The van der Waals surface area contributed by atoms with E-state index in [0.29, 0.717) is 11.1 Å². The number of nitrogen functional groups attached to an aromatic ring is 2. The number of hydrogen-bond acceptors (Lipinski definition) is 5. The topological polar surface area (TPSA) is 130 Å². The second kappa shape index (κ2) is 8.85. The molecule has 0 atom stereocenters. The Labute approximate surface area is 184 Å². The molecule has 7 nitrogen and oxygen atoms in total. The highest BCUT2D eigenvalue weighted by Gasteiger charge is 2.13. The third-order valence-corrected chi connectivity index (χ3v) is 5.74. The zero-order valence-corrected chi connectivity index (χ0v) is 17.4. The van der Waals surface area contributed by atoms with Crippen LogP contribution in [0.2, 0.25) is 0 Å². The highest BCUT2D eigenvalue weighted by molar-refractivity contribution is 7.98. The molecule has 2 aromatic carbocycles. The van der Waals surface area contributed by atoms with Crippen LogP contribution in [0.1, 0.15) is 16.7 Å². The Morgan fingerprint density at radius 2 is 1.55 bits per heavy atom. The summed E-state index contributed by atoms with van der Waals surface area (Å²) in [5.41, 5.74) is 16.3. The molecule has 0 unspecified atom stereocenters. The third-order valence-electron chi connectivity index (χ3n) is 4.71. The predicted octanol–water partition coefficient (Wildman–Crippen LogP) is 3.79. The number of aromatic nitrogens is 3. The highest BCUT2D eigenvalue weighted by atomic mass is 32.2. The minimum Gasteiger partial charge on any atom is -0.384 e. The van der Waals surface area contributed by atoms with Crippen LogP contribution in [-0.4, -0.2) is 26.2 Å². The summed E-state index contributed by atoms with van der Waals surface area (Å²) in [5, 5.41) is 16.0. The zero-order valence-electron chi connectivity index (χ0n) is 16.6. The van der Waals surface area contributed by atoms with Gasteiger partial charge in [-0.3, -0.25) is 20.4 Å². The Morgan fingerprint density at radius 3 is 2.13 bits per heavy atom. The number of nitrogens with zero attached hydrogens (tertiary/aromatic N) is 3. The highest BCUT2D eigenvalue weighted by Crippen LogP contribution is 2.29. The van der Waals surface area contributed by atoms with Crippen molar-refractivity contribution >= 4 is 23.4 Å². The van der Waals surface area contributed by atoms with E-state index in [9.17, 15) is 0 Å². The molecule has 0 saturated carbocycles. The first-order chi connectivity index (χ1) is 15.0. The molecular weight excluding hydrogens is 406 g/mol. The van der Waals surface area contributed by atoms with Crippen LogP contribution < -0.4 is 11.5 Å². The van der Waals surface area contributed by atoms with Gasteiger partial charge in [0.05, 0.1) is 5.69 Å². The number of thioether (sulfide) groups is 1. The van der Waals surface area contributed by atoms with Crippen molar-refractivity contribution in [2.75, 3.05) is 0 Å². The van der Waals surface area contributed by atoms with Gasteiger partial charge in [-0.15, -0.1) is 0 Å². The summed E-state index contributed by atoms with van der Waals surface area (Å²) in [6.45, 7) is 0. The molecular formula is C23H21N7S. The molecule has 0 aliphatic rings. The number of imidazole rings is 1. The summed E-state index contributed by atoms with van der Waals surface area (Å²) in [5.74, 6) is 0.809. The molecule has 0 spiro atoms. The molecule has 0 bridgehead atoms.